The molecule has 1 aliphatic rings. The number of hydrogen-bond donors (Lipinski definition) is 2. The molecule has 3 heterocycles. The number of carbonyl (C=O) groups is 3. The van der Waals surface area contributed by atoms with E-state index in [1.165, 1.54) is 0 Å². The molecule has 2 atom stereocenters. The summed E-state index contributed by atoms with van der Waals surface area (Å²) in [7, 11) is 0. The molecule has 0 aliphatic carbocycles. The van der Waals surface area contributed by atoms with Gasteiger partial charge in [0.1, 0.15) is 25.5 Å². The van der Waals surface area contributed by atoms with E-state index in [1.807, 2.05) is 60.7 Å². The maximum atomic E-state index is 12.8. The Bertz CT molecular complexity index is 2010. The standard InChI is InChI=1S/C40H41N7O7/c1-27(2)37(51)44-39-43-36-35(38(45-39)52-22-12-21-41)42-26-47(36)32-24-46(23-31(54-32)25-53-34(50)20-19-33(48)49)40(28-13-6-3-7-14-28,29-15-8-4-9-16-29)30-17-10-5-11-18-30/h3-11,13-18,26-27,31-32H,12,19-20,22-25H2,1-2H3,(H,48,49)(H,43,44,45,51)/t31-,32+/m0/s1. The number of aromatic nitrogens is 4. The van der Waals surface area contributed by atoms with Crippen molar-refractivity contribution in [2.24, 2.45) is 5.92 Å². The average Bonchev–Trinajstić information content (AvgIpc) is 3.62. The zero-order valence-corrected chi connectivity index (χ0v) is 30.0. The Hall–Kier alpha value is -6.17. The summed E-state index contributed by atoms with van der Waals surface area (Å²) in [6.45, 7) is 3.99. The summed E-state index contributed by atoms with van der Waals surface area (Å²) in [5.74, 6) is -2.31. The van der Waals surface area contributed by atoms with Crippen LogP contribution in [0.2, 0.25) is 0 Å². The summed E-state index contributed by atoms with van der Waals surface area (Å²) < 4.78 is 19.9. The zero-order chi connectivity index (χ0) is 38.1. The molecular weight excluding hydrogens is 690 g/mol. The van der Waals surface area contributed by atoms with Crippen LogP contribution in [0, 0.1) is 17.2 Å². The first-order valence-electron chi connectivity index (χ1n) is 17.7. The fourth-order valence-electron chi connectivity index (χ4n) is 6.60. The van der Waals surface area contributed by atoms with E-state index in [2.05, 4.69) is 56.6 Å². The molecule has 1 saturated heterocycles. The lowest BCUT2D eigenvalue weighted by molar-refractivity contribution is -0.169. The van der Waals surface area contributed by atoms with Gasteiger partial charge in [0.2, 0.25) is 17.7 Å². The molecule has 0 radical (unpaired) electrons. The highest BCUT2D eigenvalue weighted by molar-refractivity contribution is 5.91. The van der Waals surface area contributed by atoms with Crippen molar-refractivity contribution in [3.8, 4) is 11.9 Å². The number of nitrogens with zero attached hydrogens (tertiary/aromatic N) is 6. The van der Waals surface area contributed by atoms with Crippen LogP contribution in [0.1, 0.15) is 56.0 Å². The number of ether oxygens (including phenoxy) is 3. The van der Waals surface area contributed by atoms with Crippen LogP contribution in [0.15, 0.2) is 97.3 Å². The number of nitrogens with one attached hydrogen (secondary N) is 1. The molecule has 0 spiro atoms. The van der Waals surface area contributed by atoms with Gasteiger partial charge in [0.25, 0.3) is 0 Å². The molecule has 278 valence electrons. The lowest BCUT2D eigenvalue weighted by atomic mass is 9.75. The third kappa shape index (κ3) is 8.22. The summed E-state index contributed by atoms with van der Waals surface area (Å²) in [4.78, 5) is 52.6. The van der Waals surface area contributed by atoms with E-state index in [0.717, 1.165) is 16.7 Å². The van der Waals surface area contributed by atoms with Gasteiger partial charge in [-0.3, -0.25) is 29.2 Å². The smallest absolute Gasteiger partial charge is 0.306 e. The van der Waals surface area contributed by atoms with Crippen LogP contribution in [-0.4, -0.2) is 79.8 Å². The minimum Gasteiger partial charge on any atom is -0.481 e. The largest absolute Gasteiger partial charge is 0.481 e. The highest BCUT2D eigenvalue weighted by atomic mass is 16.6. The highest BCUT2D eigenvalue weighted by Gasteiger charge is 2.47. The summed E-state index contributed by atoms with van der Waals surface area (Å²) in [6.07, 6.45) is -0.443. The van der Waals surface area contributed by atoms with E-state index in [-0.39, 0.29) is 62.7 Å². The number of carboxylic acid groups (broad SMARTS) is 1. The predicted molar refractivity (Wildman–Crippen MR) is 197 cm³/mol. The minimum absolute atomic E-state index is 0.00122. The van der Waals surface area contributed by atoms with Crippen molar-refractivity contribution in [1.29, 1.82) is 5.26 Å². The van der Waals surface area contributed by atoms with Gasteiger partial charge in [0.15, 0.2) is 11.2 Å². The van der Waals surface area contributed by atoms with Gasteiger partial charge in [0.05, 0.1) is 37.2 Å². The van der Waals surface area contributed by atoms with E-state index in [9.17, 15) is 14.4 Å². The predicted octanol–water partition coefficient (Wildman–Crippen LogP) is 5.31. The number of anilines is 1. The van der Waals surface area contributed by atoms with Crippen molar-refractivity contribution in [1.82, 2.24) is 24.4 Å². The molecule has 0 unspecified atom stereocenters. The Morgan fingerprint density at radius 2 is 1.56 bits per heavy atom. The monoisotopic (exact) mass is 731 g/mol. The topological polar surface area (TPSA) is 182 Å². The lowest BCUT2D eigenvalue weighted by Gasteiger charge is -2.50. The number of carbonyl (C=O) groups excluding carboxylic acids is 2. The quantitative estimate of drug-likeness (QED) is 0.0806. The van der Waals surface area contributed by atoms with E-state index >= 15 is 0 Å². The fraction of sp³-hybridized carbons (Fsp3) is 0.325. The van der Waals surface area contributed by atoms with Crippen molar-refractivity contribution >= 4 is 35.0 Å². The number of amides is 1. The van der Waals surface area contributed by atoms with Crippen LogP contribution in [0.25, 0.3) is 11.2 Å². The number of rotatable bonds is 15. The lowest BCUT2D eigenvalue weighted by Crippen LogP contribution is -2.57. The second kappa shape index (κ2) is 17.1. The van der Waals surface area contributed by atoms with Gasteiger partial charge >= 0.3 is 11.9 Å². The summed E-state index contributed by atoms with van der Waals surface area (Å²) in [5, 5.41) is 21.0. The Morgan fingerprint density at radius 1 is 0.944 bits per heavy atom. The Balaban J connectivity index is 1.49. The van der Waals surface area contributed by atoms with E-state index in [4.69, 9.17) is 29.6 Å². The summed E-state index contributed by atoms with van der Waals surface area (Å²) in [6, 6.07) is 32.4. The molecule has 0 saturated carbocycles. The molecule has 6 rings (SSSR count). The molecule has 0 bridgehead atoms. The van der Waals surface area contributed by atoms with Gasteiger partial charge in [0, 0.05) is 19.0 Å². The number of nitriles is 1. The molecule has 1 fully saturated rings. The minimum atomic E-state index is -1.10. The first-order valence-corrected chi connectivity index (χ1v) is 17.7. The molecule has 2 aromatic heterocycles. The number of morpholine rings is 1. The van der Waals surface area contributed by atoms with Crippen molar-refractivity contribution in [3.05, 3.63) is 114 Å². The molecule has 54 heavy (non-hydrogen) atoms. The van der Waals surface area contributed by atoms with Crippen molar-refractivity contribution in [2.75, 3.05) is 31.6 Å². The molecule has 5 aromatic rings. The number of imidazole rings is 1. The zero-order valence-electron chi connectivity index (χ0n) is 30.0. The summed E-state index contributed by atoms with van der Waals surface area (Å²) in [5.41, 5.74) is 2.71. The van der Waals surface area contributed by atoms with Crippen molar-refractivity contribution in [2.45, 2.75) is 51.0 Å². The third-order valence-corrected chi connectivity index (χ3v) is 9.08. The number of carboxylic acids is 1. The normalized spacial score (nSPS) is 16.1. The van der Waals surface area contributed by atoms with Gasteiger partial charge in [-0.05, 0) is 16.7 Å². The maximum absolute atomic E-state index is 12.8. The first-order chi connectivity index (χ1) is 26.2. The van der Waals surface area contributed by atoms with Gasteiger partial charge in [-0.2, -0.15) is 15.2 Å². The number of esters is 1. The van der Waals surface area contributed by atoms with Crippen LogP contribution >= 0.6 is 0 Å². The second-order valence-corrected chi connectivity index (χ2v) is 13.1. The first kappa shape index (κ1) is 37.6. The number of fused-ring (bicyclic) bond motifs is 1. The van der Waals surface area contributed by atoms with Gasteiger partial charge in [-0.15, -0.1) is 0 Å². The molecule has 3 aromatic carbocycles. The Kier molecular flexibility index (Phi) is 11.9. The number of aliphatic carboxylic acids is 1. The van der Waals surface area contributed by atoms with Crippen LogP contribution in [-0.2, 0) is 29.4 Å². The summed E-state index contributed by atoms with van der Waals surface area (Å²) >= 11 is 0. The van der Waals surface area contributed by atoms with Crippen LogP contribution in [0.3, 0.4) is 0 Å². The van der Waals surface area contributed by atoms with Crippen LogP contribution in [0.5, 0.6) is 5.88 Å². The molecule has 14 nitrogen and oxygen atoms in total. The maximum Gasteiger partial charge on any atom is 0.306 e. The molecule has 1 amide bonds. The van der Waals surface area contributed by atoms with E-state index in [0.29, 0.717) is 17.7 Å². The van der Waals surface area contributed by atoms with Crippen molar-refractivity contribution < 1.29 is 33.7 Å². The fourth-order valence-corrected chi connectivity index (χ4v) is 6.60. The third-order valence-electron chi connectivity index (χ3n) is 9.08. The molecule has 1 aliphatic heterocycles. The molecule has 14 heteroatoms. The Morgan fingerprint density at radius 3 is 2.11 bits per heavy atom. The van der Waals surface area contributed by atoms with Gasteiger partial charge < -0.3 is 19.3 Å². The van der Waals surface area contributed by atoms with Crippen molar-refractivity contribution in [3.63, 3.8) is 0 Å². The van der Waals surface area contributed by atoms with Gasteiger partial charge in [-0.25, -0.2) is 4.98 Å². The average molecular weight is 732 g/mol. The molecule has 2 N–H and O–H groups in total. The van der Waals surface area contributed by atoms with Gasteiger partial charge in [-0.1, -0.05) is 105 Å². The van der Waals surface area contributed by atoms with Crippen LogP contribution in [0.4, 0.5) is 5.95 Å². The van der Waals surface area contributed by atoms with E-state index < -0.39 is 29.8 Å². The van der Waals surface area contributed by atoms with E-state index in [1.54, 1.807) is 24.7 Å². The van der Waals surface area contributed by atoms with Crippen LogP contribution < -0.4 is 10.1 Å². The molecular formula is C40H41N7O7. The SMILES string of the molecule is CC(C)C(=O)Nc1nc(OCCC#N)c2ncn([C@H]3CN(C(c4ccccc4)(c4ccccc4)c4ccccc4)C[C@@H](COC(=O)CCC(=O)O)O3)c2n1. The number of hydrogen-bond acceptors (Lipinski definition) is 11. The second-order valence-electron chi connectivity index (χ2n) is 13.1. The Labute approximate surface area is 312 Å². The number of benzene rings is 3. The highest BCUT2D eigenvalue weighted by Crippen LogP contribution is 2.45.